The Balaban J connectivity index is 2.81. The van der Waals surface area contributed by atoms with Gasteiger partial charge in [0.15, 0.2) is 0 Å². The van der Waals surface area contributed by atoms with Crippen molar-refractivity contribution in [2.24, 2.45) is 0 Å². The van der Waals surface area contributed by atoms with E-state index in [0.717, 1.165) is 0 Å². The largest absolute Gasteiger partial charge is 0.477 e. The Morgan fingerprint density at radius 1 is 1.13 bits per heavy atom. The quantitative estimate of drug-likeness (QED) is 0.602. The molecule has 5 nitrogen and oxygen atoms in total. The van der Waals surface area contributed by atoms with Gasteiger partial charge in [0.25, 0.3) is 0 Å². The molecule has 0 aliphatic heterocycles. The van der Waals surface area contributed by atoms with Gasteiger partial charge >= 0.3 is 5.97 Å². The molecule has 5 N–H and O–H groups in total. The van der Waals surface area contributed by atoms with Gasteiger partial charge in [0.2, 0.25) is 0 Å². The number of aromatic nitrogens is 1. The third kappa shape index (κ3) is 1.43. The van der Waals surface area contributed by atoms with Crippen LogP contribution in [0, 0.1) is 0 Å². The number of benzene rings is 1. The summed E-state index contributed by atoms with van der Waals surface area (Å²) in [5.41, 5.74) is 12.7. The van der Waals surface area contributed by atoms with Crippen molar-refractivity contribution >= 4 is 28.2 Å². The summed E-state index contributed by atoms with van der Waals surface area (Å²) in [6, 6.07) is 6.29. The van der Waals surface area contributed by atoms with Gasteiger partial charge < -0.3 is 16.6 Å². The highest BCUT2D eigenvalue weighted by Gasteiger charge is 2.08. The molecule has 0 aliphatic carbocycles. The van der Waals surface area contributed by atoms with Crippen molar-refractivity contribution < 1.29 is 9.90 Å². The Morgan fingerprint density at radius 2 is 1.80 bits per heavy atom. The number of nitrogen functional groups attached to an aromatic ring is 2. The number of nitrogens with two attached hydrogens (primary N) is 2. The Labute approximate surface area is 85.3 Å². The lowest BCUT2D eigenvalue weighted by atomic mass is 10.1. The van der Waals surface area contributed by atoms with Crippen LogP contribution < -0.4 is 11.5 Å². The van der Waals surface area contributed by atoms with Gasteiger partial charge in [-0.05, 0) is 24.3 Å². The normalized spacial score (nSPS) is 10.4. The maximum atomic E-state index is 10.7. The Bertz CT molecular complexity index is 552. The minimum absolute atomic E-state index is 0.0419. The molecular weight excluding hydrogens is 194 g/mol. The average Bonchev–Trinajstić information content (AvgIpc) is 2.23. The molecule has 0 radical (unpaired) electrons. The van der Waals surface area contributed by atoms with Crippen molar-refractivity contribution in [3.8, 4) is 0 Å². The van der Waals surface area contributed by atoms with Crippen molar-refractivity contribution in [1.82, 2.24) is 4.98 Å². The molecule has 76 valence electrons. The number of carboxylic acids is 1. The minimum Gasteiger partial charge on any atom is -0.477 e. The van der Waals surface area contributed by atoms with Crippen molar-refractivity contribution in [3.05, 3.63) is 30.0 Å². The number of aromatic carboxylic acids is 1. The van der Waals surface area contributed by atoms with E-state index in [9.17, 15) is 4.79 Å². The molecule has 0 fully saturated rings. The van der Waals surface area contributed by atoms with E-state index < -0.39 is 5.97 Å². The van der Waals surface area contributed by atoms with E-state index in [1.165, 1.54) is 6.07 Å². The zero-order valence-corrected chi connectivity index (χ0v) is 7.77. The standard InChI is InChI=1S/C10H9N3O2/c11-6-2-3-7(12)9-5(6)1-4-8(13-9)10(14)15/h1-4H,11-12H2,(H,14,15). The predicted octanol–water partition coefficient (Wildman–Crippen LogP) is 1.10. The first-order valence-electron chi connectivity index (χ1n) is 4.27. The number of carboxylic acid groups (broad SMARTS) is 1. The molecule has 15 heavy (non-hydrogen) atoms. The van der Waals surface area contributed by atoms with Gasteiger partial charge in [0.1, 0.15) is 5.69 Å². The molecule has 0 bridgehead atoms. The molecule has 2 rings (SSSR count). The lowest BCUT2D eigenvalue weighted by Crippen LogP contribution is -2.02. The van der Waals surface area contributed by atoms with Crippen LogP contribution in [-0.2, 0) is 0 Å². The second kappa shape index (κ2) is 3.13. The Morgan fingerprint density at radius 3 is 2.47 bits per heavy atom. The summed E-state index contributed by atoms with van der Waals surface area (Å²) < 4.78 is 0. The van der Waals surface area contributed by atoms with E-state index in [4.69, 9.17) is 16.6 Å². The fourth-order valence-electron chi connectivity index (χ4n) is 1.38. The zero-order valence-electron chi connectivity index (χ0n) is 7.77. The molecule has 1 aromatic carbocycles. The summed E-state index contributed by atoms with van der Waals surface area (Å²) in [5, 5.41) is 9.44. The van der Waals surface area contributed by atoms with Crippen LogP contribution in [0.25, 0.3) is 10.9 Å². The van der Waals surface area contributed by atoms with Crippen LogP contribution in [0.4, 0.5) is 11.4 Å². The number of hydrogen-bond acceptors (Lipinski definition) is 4. The third-order valence-electron chi connectivity index (χ3n) is 2.14. The van der Waals surface area contributed by atoms with Crippen molar-refractivity contribution in [1.29, 1.82) is 0 Å². The SMILES string of the molecule is Nc1ccc(N)c2nc(C(=O)O)ccc12. The zero-order chi connectivity index (χ0) is 11.0. The van der Waals surface area contributed by atoms with E-state index >= 15 is 0 Å². The van der Waals surface area contributed by atoms with Crippen LogP contribution in [-0.4, -0.2) is 16.1 Å². The topological polar surface area (TPSA) is 102 Å². The molecule has 0 atom stereocenters. The maximum Gasteiger partial charge on any atom is 0.354 e. The van der Waals surface area contributed by atoms with Crippen molar-refractivity contribution in [2.75, 3.05) is 11.5 Å². The summed E-state index contributed by atoms with van der Waals surface area (Å²) in [5.74, 6) is -1.08. The number of fused-ring (bicyclic) bond motifs is 1. The third-order valence-corrected chi connectivity index (χ3v) is 2.14. The molecule has 0 spiro atoms. The van der Waals surface area contributed by atoms with Crippen molar-refractivity contribution in [2.45, 2.75) is 0 Å². The number of rotatable bonds is 1. The summed E-state index contributed by atoms with van der Waals surface area (Å²) in [6.07, 6.45) is 0. The van der Waals surface area contributed by atoms with Gasteiger partial charge in [-0.25, -0.2) is 9.78 Å². The molecule has 0 saturated heterocycles. The molecule has 5 heteroatoms. The van der Waals surface area contributed by atoms with Gasteiger partial charge in [0, 0.05) is 11.1 Å². The monoisotopic (exact) mass is 203 g/mol. The summed E-state index contributed by atoms with van der Waals surface area (Å²) in [4.78, 5) is 14.6. The molecule has 1 heterocycles. The molecule has 1 aromatic heterocycles. The number of anilines is 2. The molecular formula is C10H9N3O2. The van der Waals surface area contributed by atoms with Gasteiger partial charge in [-0.3, -0.25) is 0 Å². The number of hydrogen-bond donors (Lipinski definition) is 3. The first-order chi connectivity index (χ1) is 7.09. The smallest absolute Gasteiger partial charge is 0.354 e. The van der Waals surface area contributed by atoms with Gasteiger partial charge in [0.05, 0.1) is 11.2 Å². The lowest BCUT2D eigenvalue weighted by Gasteiger charge is -2.04. The number of pyridine rings is 1. The van der Waals surface area contributed by atoms with Crippen molar-refractivity contribution in [3.63, 3.8) is 0 Å². The molecule has 2 aromatic rings. The van der Waals surface area contributed by atoms with Gasteiger partial charge in [-0.15, -0.1) is 0 Å². The minimum atomic E-state index is -1.08. The second-order valence-electron chi connectivity index (χ2n) is 3.14. The highest BCUT2D eigenvalue weighted by molar-refractivity contribution is 5.99. The van der Waals surface area contributed by atoms with Crippen LogP contribution >= 0.6 is 0 Å². The predicted molar refractivity (Wildman–Crippen MR) is 57.5 cm³/mol. The molecule has 0 aliphatic rings. The van der Waals surface area contributed by atoms with Crippen LogP contribution in [0.3, 0.4) is 0 Å². The Kier molecular flexibility index (Phi) is 1.93. The molecule has 0 amide bonds. The Hall–Kier alpha value is -2.30. The van der Waals surface area contributed by atoms with E-state index in [2.05, 4.69) is 4.98 Å². The van der Waals surface area contributed by atoms with E-state index in [1.54, 1.807) is 18.2 Å². The van der Waals surface area contributed by atoms with Crippen LogP contribution in [0.15, 0.2) is 24.3 Å². The molecule has 0 unspecified atom stereocenters. The number of nitrogens with zero attached hydrogens (tertiary/aromatic N) is 1. The first-order valence-corrected chi connectivity index (χ1v) is 4.27. The highest BCUT2D eigenvalue weighted by Crippen LogP contribution is 2.24. The van der Waals surface area contributed by atoms with Gasteiger partial charge in [-0.2, -0.15) is 0 Å². The maximum absolute atomic E-state index is 10.7. The summed E-state index contributed by atoms with van der Waals surface area (Å²) in [6.45, 7) is 0. The highest BCUT2D eigenvalue weighted by atomic mass is 16.4. The van der Waals surface area contributed by atoms with E-state index in [0.29, 0.717) is 22.3 Å². The summed E-state index contributed by atoms with van der Waals surface area (Å²) >= 11 is 0. The van der Waals surface area contributed by atoms with Crippen LogP contribution in [0.2, 0.25) is 0 Å². The first kappa shape index (κ1) is 9.26. The van der Waals surface area contributed by atoms with Crippen LogP contribution in [0.1, 0.15) is 10.5 Å². The molecule has 0 saturated carbocycles. The van der Waals surface area contributed by atoms with E-state index in [1.807, 2.05) is 0 Å². The second-order valence-corrected chi connectivity index (χ2v) is 3.14. The van der Waals surface area contributed by atoms with Crippen LogP contribution in [0.5, 0.6) is 0 Å². The van der Waals surface area contributed by atoms with Gasteiger partial charge in [-0.1, -0.05) is 0 Å². The number of carbonyl (C=O) groups is 1. The van der Waals surface area contributed by atoms with E-state index in [-0.39, 0.29) is 5.69 Å². The lowest BCUT2D eigenvalue weighted by molar-refractivity contribution is 0.0691. The average molecular weight is 203 g/mol. The fourth-order valence-corrected chi connectivity index (χ4v) is 1.38. The summed E-state index contributed by atoms with van der Waals surface area (Å²) in [7, 11) is 0. The fraction of sp³-hybridized carbons (Fsp3) is 0.